The van der Waals surface area contributed by atoms with Gasteiger partial charge in [-0.2, -0.15) is 0 Å². The van der Waals surface area contributed by atoms with E-state index in [9.17, 15) is 0 Å². The minimum atomic E-state index is -0.251. The van der Waals surface area contributed by atoms with E-state index in [4.69, 9.17) is 4.42 Å². The van der Waals surface area contributed by atoms with E-state index < -0.39 is 0 Å². The van der Waals surface area contributed by atoms with Gasteiger partial charge < -0.3 is 14.2 Å². The molecule has 5 rings (SSSR count). The molecule has 0 fully saturated rings. The van der Waals surface area contributed by atoms with Crippen molar-refractivity contribution in [1.82, 2.24) is 9.88 Å². The van der Waals surface area contributed by atoms with Crippen LogP contribution in [0.3, 0.4) is 0 Å². The Bertz CT molecular complexity index is 1330. The summed E-state index contributed by atoms with van der Waals surface area (Å²) in [5.74, 6) is 0. The highest BCUT2D eigenvalue weighted by Gasteiger charge is 2.38. The van der Waals surface area contributed by atoms with Crippen molar-refractivity contribution >= 4 is 27.8 Å². The van der Waals surface area contributed by atoms with Crippen LogP contribution in [0, 0.1) is 20.8 Å². The summed E-state index contributed by atoms with van der Waals surface area (Å²) in [6, 6.07) is 17.0. The molecule has 0 unspecified atom stereocenters. The molecule has 0 radical (unpaired) electrons. The SMILES string of the molecule is Cc1ccc2c(n1)oc1ccc(C)c(C(C)(C)N3C=CN(c4ccccc4C)[C@H]3C)c12. The second-order valence-electron chi connectivity index (χ2n) is 9.13. The Morgan fingerprint density at radius 3 is 2.45 bits per heavy atom. The zero-order chi connectivity index (χ0) is 21.9. The van der Waals surface area contributed by atoms with Gasteiger partial charge in [0, 0.05) is 34.6 Å². The molecule has 1 atom stereocenters. The van der Waals surface area contributed by atoms with Gasteiger partial charge in [-0.1, -0.05) is 24.3 Å². The number of fused-ring (bicyclic) bond motifs is 3. The zero-order valence-corrected chi connectivity index (χ0v) is 19.1. The van der Waals surface area contributed by atoms with Crippen molar-refractivity contribution in [1.29, 1.82) is 0 Å². The monoisotopic (exact) mass is 411 g/mol. The van der Waals surface area contributed by atoms with E-state index in [1.807, 2.05) is 6.92 Å². The lowest BCUT2D eigenvalue weighted by molar-refractivity contribution is 0.154. The molecule has 0 saturated heterocycles. The highest BCUT2D eigenvalue weighted by atomic mass is 16.3. The van der Waals surface area contributed by atoms with Crippen molar-refractivity contribution in [2.45, 2.75) is 53.2 Å². The molecule has 0 saturated carbocycles. The molecule has 1 aliphatic rings. The number of rotatable bonds is 3. The summed E-state index contributed by atoms with van der Waals surface area (Å²) < 4.78 is 6.16. The first-order valence-electron chi connectivity index (χ1n) is 10.9. The minimum absolute atomic E-state index is 0.185. The first-order chi connectivity index (χ1) is 14.8. The largest absolute Gasteiger partial charge is 0.438 e. The maximum absolute atomic E-state index is 6.16. The number of furan rings is 1. The zero-order valence-electron chi connectivity index (χ0n) is 19.1. The molecule has 3 heterocycles. The van der Waals surface area contributed by atoms with Crippen LogP contribution in [0.1, 0.15) is 43.2 Å². The van der Waals surface area contributed by atoms with Crippen LogP contribution in [0.25, 0.3) is 22.1 Å². The lowest BCUT2D eigenvalue weighted by Gasteiger charge is -2.43. The third kappa shape index (κ3) is 2.93. The molecule has 1 aliphatic heterocycles. The van der Waals surface area contributed by atoms with E-state index in [0.29, 0.717) is 5.71 Å². The number of hydrogen-bond acceptors (Lipinski definition) is 4. The highest BCUT2D eigenvalue weighted by molar-refractivity contribution is 6.06. The molecule has 4 heteroatoms. The second-order valence-corrected chi connectivity index (χ2v) is 9.13. The van der Waals surface area contributed by atoms with Gasteiger partial charge in [-0.3, -0.25) is 0 Å². The summed E-state index contributed by atoms with van der Waals surface area (Å²) in [7, 11) is 0. The van der Waals surface area contributed by atoms with Crippen LogP contribution < -0.4 is 4.90 Å². The smallest absolute Gasteiger partial charge is 0.227 e. The van der Waals surface area contributed by atoms with Gasteiger partial charge in [-0.25, -0.2) is 4.98 Å². The minimum Gasteiger partial charge on any atom is -0.438 e. The predicted molar refractivity (Wildman–Crippen MR) is 128 cm³/mol. The van der Waals surface area contributed by atoms with Crippen LogP contribution >= 0.6 is 0 Å². The molecule has 158 valence electrons. The summed E-state index contributed by atoms with van der Waals surface area (Å²) in [6.45, 7) is 13.2. The predicted octanol–water partition coefficient (Wildman–Crippen LogP) is 6.78. The molecular weight excluding hydrogens is 382 g/mol. The molecule has 0 amide bonds. The normalized spacial score (nSPS) is 16.8. The molecule has 4 nitrogen and oxygen atoms in total. The maximum atomic E-state index is 6.16. The summed E-state index contributed by atoms with van der Waals surface area (Å²) in [5.41, 5.74) is 7.39. The van der Waals surface area contributed by atoms with E-state index >= 15 is 0 Å². The molecular formula is C27H29N3O. The van der Waals surface area contributed by atoms with Crippen molar-refractivity contribution in [3.63, 3.8) is 0 Å². The standard InChI is InChI=1S/C27H29N3O/c1-17-9-7-8-10-22(17)29-15-16-30(20(29)4)27(5,6)25-18(2)11-14-23-24(25)21-13-12-19(3)28-26(21)31-23/h7-16,20H,1-6H3/t20-/m1/s1. The van der Waals surface area contributed by atoms with Crippen molar-refractivity contribution in [2.24, 2.45) is 0 Å². The summed E-state index contributed by atoms with van der Waals surface area (Å²) in [6.07, 6.45) is 4.60. The first kappa shape index (κ1) is 19.7. The number of pyridine rings is 1. The number of para-hydroxylation sites is 1. The lowest BCUT2D eigenvalue weighted by atomic mass is 9.85. The number of benzene rings is 2. The average Bonchev–Trinajstić information content (AvgIpc) is 3.28. The maximum Gasteiger partial charge on any atom is 0.227 e. The van der Waals surface area contributed by atoms with E-state index in [-0.39, 0.29) is 11.7 Å². The van der Waals surface area contributed by atoms with Crippen molar-refractivity contribution in [3.05, 3.63) is 83.3 Å². The van der Waals surface area contributed by atoms with Gasteiger partial charge in [0.1, 0.15) is 11.7 Å². The fraction of sp³-hybridized carbons (Fsp3) is 0.296. The molecule has 0 N–H and O–H groups in total. The second kappa shape index (κ2) is 6.88. The number of nitrogens with zero attached hydrogens (tertiary/aromatic N) is 3. The van der Waals surface area contributed by atoms with Gasteiger partial charge in [-0.05, 0) is 82.5 Å². The van der Waals surface area contributed by atoms with Gasteiger partial charge in [-0.15, -0.1) is 0 Å². The summed E-state index contributed by atoms with van der Waals surface area (Å²) >= 11 is 0. The van der Waals surface area contributed by atoms with Crippen LogP contribution in [-0.2, 0) is 5.54 Å². The molecule has 0 bridgehead atoms. The molecule has 0 aliphatic carbocycles. The summed E-state index contributed by atoms with van der Waals surface area (Å²) in [4.78, 5) is 9.44. The highest BCUT2D eigenvalue weighted by Crippen LogP contribution is 2.43. The Morgan fingerprint density at radius 1 is 0.903 bits per heavy atom. The van der Waals surface area contributed by atoms with Gasteiger partial charge in [0.25, 0.3) is 0 Å². The fourth-order valence-electron chi connectivity index (χ4n) is 5.18. The van der Waals surface area contributed by atoms with Gasteiger partial charge in [0.15, 0.2) is 0 Å². The molecule has 4 aromatic rings. The Kier molecular flexibility index (Phi) is 4.37. The Morgan fingerprint density at radius 2 is 1.68 bits per heavy atom. The number of aryl methyl sites for hydroxylation is 3. The van der Waals surface area contributed by atoms with Crippen LogP contribution in [0.2, 0.25) is 0 Å². The number of anilines is 1. The Balaban J connectivity index is 1.65. The first-order valence-corrected chi connectivity index (χ1v) is 10.9. The Labute approximate surface area is 183 Å². The average molecular weight is 412 g/mol. The van der Waals surface area contributed by atoms with Crippen molar-refractivity contribution in [3.8, 4) is 0 Å². The third-order valence-corrected chi connectivity index (χ3v) is 6.69. The topological polar surface area (TPSA) is 32.5 Å². The number of aromatic nitrogens is 1. The van der Waals surface area contributed by atoms with E-state index in [2.05, 4.69) is 110 Å². The summed E-state index contributed by atoms with van der Waals surface area (Å²) in [5, 5.41) is 2.25. The van der Waals surface area contributed by atoms with Crippen molar-refractivity contribution in [2.75, 3.05) is 4.90 Å². The van der Waals surface area contributed by atoms with Gasteiger partial charge in [0.05, 0.1) is 5.54 Å². The third-order valence-electron chi connectivity index (χ3n) is 6.69. The quantitative estimate of drug-likeness (QED) is 0.372. The van der Waals surface area contributed by atoms with Gasteiger partial charge >= 0.3 is 0 Å². The van der Waals surface area contributed by atoms with Crippen LogP contribution in [0.15, 0.2) is 65.3 Å². The van der Waals surface area contributed by atoms with Crippen LogP contribution in [0.5, 0.6) is 0 Å². The number of hydrogen-bond donors (Lipinski definition) is 0. The fourth-order valence-corrected chi connectivity index (χ4v) is 5.18. The van der Waals surface area contributed by atoms with Crippen LogP contribution in [-0.4, -0.2) is 16.0 Å². The molecule has 2 aromatic heterocycles. The van der Waals surface area contributed by atoms with E-state index in [0.717, 1.165) is 16.7 Å². The van der Waals surface area contributed by atoms with Gasteiger partial charge in [0.2, 0.25) is 5.71 Å². The molecule has 31 heavy (non-hydrogen) atoms. The Hall–Kier alpha value is -3.27. The lowest BCUT2D eigenvalue weighted by Crippen LogP contribution is -2.46. The van der Waals surface area contributed by atoms with E-state index in [1.54, 1.807) is 0 Å². The van der Waals surface area contributed by atoms with Crippen molar-refractivity contribution < 1.29 is 4.42 Å². The molecule has 2 aromatic carbocycles. The van der Waals surface area contributed by atoms with Crippen LogP contribution in [0.4, 0.5) is 5.69 Å². The van der Waals surface area contributed by atoms with E-state index in [1.165, 1.54) is 27.8 Å². The molecule has 0 spiro atoms.